The second kappa shape index (κ2) is 7.42. The molecule has 9 nitrogen and oxygen atoms in total. The van der Waals surface area contributed by atoms with Crippen LogP contribution in [-0.2, 0) is 0 Å². The largest absolute Gasteiger partial charge is 0.305 e. The number of nitriles is 2. The Labute approximate surface area is 137 Å². The first kappa shape index (κ1) is 16.5. The summed E-state index contributed by atoms with van der Waals surface area (Å²) < 4.78 is 0. The average molecular weight is 320 g/mol. The van der Waals surface area contributed by atoms with E-state index in [0.29, 0.717) is 22.8 Å². The van der Waals surface area contributed by atoms with Gasteiger partial charge in [-0.3, -0.25) is 15.2 Å². The summed E-state index contributed by atoms with van der Waals surface area (Å²) in [7, 11) is 0. The van der Waals surface area contributed by atoms with Crippen LogP contribution < -0.4 is 10.7 Å². The van der Waals surface area contributed by atoms with Gasteiger partial charge in [0.15, 0.2) is 0 Å². The van der Waals surface area contributed by atoms with Gasteiger partial charge in [-0.2, -0.15) is 15.6 Å². The number of hydrogen-bond donors (Lipinski definition) is 2. The lowest BCUT2D eigenvalue weighted by atomic mass is 10.2. The molecule has 2 N–H and O–H groups in total. The molecule has 0 fully saturated rings. The number of carbonyl (C=O) groups is 1. The average Bonchev–Trinajstić information content (AvgIpc) is 2.58. The number of anilines is 2. The van der Waals surface area contributed by atoms with Crippen LogP contribution in [-0.4, -0.2) is 26.6 Å². The lowest BCUT2D eigenvalue weighted by molar-refractivity contribution is 0.102. The molecule has 2 heterocycles. The van der Waals surface area contributed by atoms with E-state index in [9.17, 15) is 4.79 Å². The normalized spacial score (nSPS) is 9.33. The van der Waals surface area contributed by atoms with Gasteiger partial charge < -0.3 is 5.32 Å². The van der Waals surface area contributed by atoms with E-state index in [0.717, 1.165) is 0 Å². The van der Waals surface area contributed by atoms with Crippen molar-refractivity contribution >= 4 is 23.1 Å². The van der Waals surface area contributed by atoms with Crippen LogP contribution in [0.2, 0.25) is 0 Å². The molecule has 0 unspecified atom stereocenters. The Morgan fingerprint density at radius 3 is 2.46 bits per heavy atom. The zero-order chi connectivity index (χ0) is 17.5. The molecule has 2 aromatic rings. The Hall–Kier alpha value is -3.85. The zero-order valence-corrected chi connectivity index (χ0v) is 12.9. The summed E-state index contributed by atoms with van der Waals surface area (Å²) in [5, 5.41) is 23.5. The number of carbonyl (C=O) groups excluding carboxylic acids is 1. The number of amides is 1. The molecular weight excluding hydrogens is 308 g/mol. The lowest BCUT2D eigenvalue weighted by Gasteiger charge is -2.08. The fourth-order valence-corrected chi connectivity index (χ4v) is 1.64. The number of pyridine rings is 1. The predicted octanol–water partition coefficient (Wildman–Crippen LogP) is 1.56. The van der Waals surface area contributed by atoms with Gasteiger partial charge in [0.05, 0.1) is 23.8 Å². The molecule has 0 saturated carbocycles. The van der Waals surface area contributed by atoms with Crippen LogP contribution in [0.5, 0.6) is 0 Å². The van der Waals surface area contributed by atoms with E-state index in [-0.39, 0.29) is 11.4 Å². The lowest BCUT2D eigenvalue weighted by Crippen LogP contribution is -2.16. The van der Waals surface area contributed by atoms with Crippen LogP contribution in [0.1, 0.15) is 21.7 Å². The minimum Gasteiger partial charge on any atom is -0.305 e. The smallest absolute Gasteiger partial charge is 0.277 e. The molecule has 0 aromatic carbocycles. The van der Waals surface area contributed by atoms with Gasteiger partial charge in [0.1, 0.15) is 23.7 Å². The van der Waals surface area contributed by atoms with E-state index in [1.165, 1.54) is 18.6 Å². The number of nitrogens with zero attached hydrogens (tertiary/aromatic N) is 6. The maximum absolute atomic E-state index is 12.1. The Morgan fingerprint density at radius 1 is 1.12 bits per heavy atom. The molecule has 0 aliphatic heterocycles. The zero-order valence-electron chi connectivity index (χ0n) is 12.9. The fraction of sp³-hybridized carbons (Fsp3) is 0.133. The van der Waals surface area contributed by atoms with Crippen molar-refractivity contribution < 1.29 is 4.79 Å². The molecule has 0 aliphatic carbocycles. The number of aromatic nitrogens is 3. The first-order chi connectivity index (χ1) is 11.5. The third-order valence-electron chi connectivity index (χ3n) is 2.83. The number of hydrogen-bond acceptors (Lipinski definition) is 8. The van der Waals surface area contributed by atoms with Crippen LogP contribution in [0.15, 0.2) is 29.8 Å². The number of rotatable bonds is 4. The van der Waals surface area contributed by atoms with E-state index >= 15 is 0 Å². The van der Waals surface area contributed by atoms with Crippen LogP contribution in [0.3, 0.4) is 0 Å². The third-order valence-corrected chi connectivity index (χ3v) is 2.83. The van der Waals surface area contributed by atoms with Gasteiger partial charge in [-0.1, -0.05) is 0 Å². The van der Waals surface area contributed by atoms with E-state index < -0.39 is 5.91 Å². The Kier molecular flexibility index (Phi) is 5.11. The molecular formula is C15H12N8O. The highest BCUT2D eigenvalue weighted by atomic mass is 16.1. The molecule has 9 heteroatoms. The van der Waals surface area contributed by atoms with Crippen molar-refractivity contribution in [3.05, 3.63) is 41.6 Å². The first-order valence-electron chi connectivity index (χ1n) is 6.74. The van der Waals surface area contributed by atoms with Gasteiger partial charge in [-0.25, -0.2) is 9.97 Å². The second-order valence-electron chi connectivity index (χ2n) is 4.68. The van der Waals surface area contributed by atoms with Gasteiger partial charge in [0.25, 0.3) is 5.91 Å². The Bertz CT molecular complexity index is 858. The van der Waals surface area contributed by atoms with Crippen molar-refractivity contribution in [1.29, 1.82) is 10.5 Å². The van der Waals surface area contributed by atoms with E-state index in [1.54, 1.807) is 32.1 Å². The molecule has 2 aromatic heterocycles. The van der Waals surface area contributed by atoms with Crippen LogP contribution in [0, 0.1) is 36.5 Å². The minimum absolute atomic E-state index is 0.182. The highest BCUT2D eigenvalue weighted by Gasteiger charge is 2.11. The van der Waals surface area contributed by atoms with Crippen molar-refractivity contribution in [3.63, 3.8) is 0 Å². The summed E-state index contributed by atoms with van der Waals surface area (Å²) in [5.41, 5.74) is 4.29. The van der Waals surface area contributed by atoms with Crippen molar-refractivity contribution in [3.8, 4) is 12.1 Å². The van der Waals surface area contributed by atoms with Gasteiger partial charge in [-0.05, 0) is 25.5 Å². The summed E-state index contributed by atoms with van der Waals surface area (Å²) in [4.78, 5) is 24.2. The minimum atomic E-state index is -0.423. The summed E-state index contributed by atoms with van der Waals surface area (Å²) in [5.74, 6) is -0.0641. The maximum atomic E-state index is 12.1. The summed E-state index contributed by atoms with van der Waals surface area (Å²) in [6, 6.07) is 4.93. The predicted molar refractivity (Wildman–Crippen MR) is 86.0 cm³/mol. The van der Waals surface area contributed by atoms with Crippen LogP contribution in [0.4, 0.5) is 11.5 Å². The standard InChI is InChI=1S/C15H12N8O/c1-9-3-11(22-23-12(4-16)5-17)7-20-14(9)21-15(24)13-8-18-10(2)6-19-13/h3,6-8,22H,1-2H3,(H,20,21,24). The van der Waals surface area contributed by atoms with E-state index in [1.807, 2.05) is 0 Å². The third kappa shape index (κ3) is 4.08. The van der Waals surface area contributed by atoms with Gasteiger partial charge >= 0.3 is 0 Å². The number of hydrazone groups is 1. The SMILES string of the molecule is Cc1cnc(C(=O)Nc2ncc(NN=C(C#N)C#N)cc2C)cn1. The van der Waals surface area contributed by atoms with Crippen molar-refractivity contribution in [2.45, 2.75) is 13.8 Å². The van der Waals surface area contributed by atoms with Crippen molar-refractivity contribution in [2.24, 2.45) is 5.10 Å². The summed E-state index contributed by atoms with van der Waals surface area (Å²) >= 11 is 0. The van der Waals surface area contributed by atoms with Crippen LogP contribution >= 0.6 is 0 Å². The summed E-state index contributed by atoms with van der Waals surface area (Å²) in [6.45, 7) is 3.52. The topological polar surface area (TPSA) is 140 Å². The highest BCUT2D eigenvalue weighted by molar-refractivity contribution is 6.10. The highest BCUT2D eigenvalue weighted by Crippen LogP contribution is 2.17. The molecule has 2 rings (SSSR count). The second-order valence-corrected chi connectivity index (χ2v) is 4.68. The molecule has 24 heavy (non-hydrogen) atoms. The monoisotopic (exact) mass is 320 g/mol. The first-order valence-corrected chi connectivity index (χ1v) is 6.74. The molecule has 0 spiro atoms. The van der Waals surface area contributed by atoms with E-state index in [4.69, 9.17) is 10.5 Å². The molecule has 0 bridgehead atoms. The molecule has 0 aliphatic rings. The fourth-order valence-electron chi connectivity index (χ4n) is 1.64. The van der Waals surface area contributed by atoms with Crippen molar-refractivity contribution in [2.75, 3.05) is 10.7 Å². The molecule has 118 valence electrons. The molecule has 0 saturated heterocycles. The van der Waals surface area contributed by atoms with Gasteiger partial charge in [0.2, 0.25) is 5.71 Å². The number of aryl methyl sites for hydroxylation is 2. The Balaban J connectivity index is 2.11. The quantitative estimate of drug-likeness (QED) is 0.643. The molecule has 0 radical (unpaired) electrons. The van der Waals surface area contributed by atoms with Gasteiger partial charge in [0, 0.05) is 6.20 Å². The summed E-state index contributed by atoms with van der Waals surface area (Å²) in [6.07, 6.45) is 4.30. The maximum Gasteiger partial charge on any atom is 0.277 e. The van der Waals surface area contributed by atoms with E-state index in [2.05, 4.69) is 30.8 Å². The van der Waals surface area contributed by atoms with Crippen molar-refractivity contribution in [1.82, 2.24) is 15.0 Å². The molecule has 1 amide bonds. The van der Waals surface area contributed by atoms with Crippen LogP contribution in [0.25, 0.3) is 0 Å². The number of nitrogens with one attached hydrogen (secondary N) is 2. The molecule has 0 atom stereocenters. The van der Waals surface area contributed by atoms with Gasteiger partial charge in [-0.15, -0.1) is 0 Å². The Morgan fingerprint density at radius 2 is 1.88 bits per heavy atom.